The summed E-state index contributed by atoms with van der Waals surface area (Å²) in [5.41, 5.74) is 0. The van der Waals surface area contributed by atoms with Crippen molar-refractivity contribution < 1.29 is 4.79 Å². The van der Waals surface area contributed by atoms with Gasteiger partial charge in [0.1, 0.15) is 0 Å². The van der Waals surface area contributed by atoms with Crippen molar-refractivity contribution in [3.05, 3.63) is 18.7 Å². The number of rotatable bonds is 3. The molecule has 88 valence electrons. The normalized spacial score (nSPS) is 17.4. The van der Waals surface area contributed by atoms with Crippen LogP contribution in [0, 0.1) is 0 Å². The fraction of sp³-hybridized carbons (Fsp3) is 0.636. The zero-order valence-corrected chi connectivity index (χ0v) is 9.59. The molecule has 5 nitrogen and oxygen atoms in total. The molecule has 0 saturated carbocycles. The molecule has 1 fully saturated rings. The maximum Gasteiger partial charge on any atom is 0.317 e. The Labute approximate surface area is 95.5 Å². The van der Waals surface area contributed by atoms with Crippen molar-refractivity contribution in [3.63, 3.8) is 0 Å². The highest BCUT2D eigenvalue weighted by atomic mass is 16.2. The molecular weight excluding hydrogens is 204 g/mol. The maximum absolute atomic E-state index is 11.8. The van der Waals surface area contributed by atoms with Crippen molar-refractivity contribution in [1.29, 1.82) is 0 Å². The molecule has 0 spiro atoms. The van der Waals surface area contributed by atoms with Gasteiger partial charge in [-0.3, -0.25) is 0 Å². The molecule has 1 aliphatic rings. The number of carbonyl (C=O) groups excluding carboxylic acids is 1. The molecule has 0 bridgehead atoms. The summed E-state index contributed by atoms with van der Waals surface area (Å²) in [6.07, 6.45) is 7.67. The van der Waals surface area contributed by atoms with E-state index >= 15 is 0 Å². The first kappa shape index (κ1) is 11.0. The molecule has 0 aromatic carbocycles. The van der Waals surface area contributed by atoms with Gasteiger partial charge in [-0.25, -0.2) is 9.78 Å². The van der Waals surface area contributed by atoms with Crippen LogP contribution in [-0.4, -0.2) is 39.6 Å². The molecule has 1 saturated heterocycles. The van der Waals surface area contributed by atoms with Gasteiger partial charge in [-0.2, -0.15) is 0 Å². The fourth-order valence-electron chi connectivity index (χ4n) is 1.98. The molecule has 1 aliphatic heterocycles. The van der Waals surface area contributed by atoms with Gasteiger partial charge in [-0.05, 0) is 19.8 Å². The lowest BCUT2D eigenvalue weighted by Gasteiger charge is -2.20. The molecule has 2 rings (SSSR count). The number of carbonyl (C=O) groups is 1. The summed E-state index contributed by atoms with van der Waals surface area (Å²) in [5.74, 6) is 0. The average molecular weight is 222 g/mol. The minimum atomic E-state index is 0.0603. The third-order valence-corrected chi connectivity index (χ3v) is 2.81. The quantitative estimate of drug-likeness (QED) is 0.832. The minimum Gasteiger partial charge on any atom is -0.335 e. The summed E-state index contributed by atoms with van der Waals surface area (Å²) in [7, 11) is 0. The molecule has 1 aromatic heterocycles. The highest BCUT2D eigenvalue weighted by Crippen LogP contribution is 2.07. The predicted molar refractivity (Wildman–Crippen MR) is 61.0 cm³/mol. The Morgan fingerprint density at radius 2 is 2.25 bits per heavy atom. The zero-order valence-electron chi connectivity index (χ0n) is 9.59. The van der Waals surface area contributed by atoms with Gasteiger partial charge in [0.05, 0.1) is 6.33 Å². The van der Waals surface area contributed by atoms with Gasteiger partial charge in [0.15, 0.2) is 0 Å². The van der Waals surface area contributed by atoms with Gasteiger partial charge in [0.2, 0.25) is 0 Å². The summed E-state index contributed by atoms with van der Waals surface area (Å²) in [6.45, 7) is 4.56. The molecule has 16 heavy (non-hydrogen) atoms. The zero-order chi connectivity index (χ0) is 11.4. The second kappa shape index (κ2) is 5.01. The molecule has 1 aromatic rings. The van der Waals surface area contributed by atoms with Crippen LogP contribution in [0.15, 0.2) is 18.7 Å². The average Bonchev–Trinajstić information content (AvgIpc) is 2.88. The van der Waals surface area contributed by atoms with E-state index < -0.39 is 0 Å². The molecule has 1 N–H and O–H groups in total. The molecule has 2 heterocycles. The number of amides is 2. The first-order valence-electron chi connectivity index (χ1n) is 5.77. The number of hydrogen-bond acceptors (Lipinski definition) is 2. The number of hydrogen-bond donors (Lipinski definition) is 1. The molecule has 1 unspecified atom stereocenters. The van der Waals surface area contributed by atoms with E-state index in [1.807, 2.05) is 22.6 Å². The maximum atomic E-state index is 11.8. The van der Waals surface area contributed by atoms with Crippen molar-refractivity contribution in [2.24, 2.45) is 0 Å². The lowest BCUT2D eigenvalue weighted by molar-refractivity contribution is 0.204. The van der Waals surface area contributed by atoms with E-state index in [2.05, 4.69) is 10.3 Å². The molecule has 0 radical (unpaired) electrons. The minimum absolute atomic E-state index is 0.0603. The van der Waals surface area contributed by atoms with Gasteiger partial charge < -0.3 is 14.8 Å². The van der Waals surface area contributed by atoms with Crippen molar-refractivity contribution in [1.82, 2.24) is 19.8 Å². The van der Waals surface area contributed by atoms with Crippen LogP contribution in [-0.2, 0) is 6.54 Å². The van der Waals surface area contributed by atoms with E-state index in [0.29, 0.717) is 0 Å². The second-order valence-corrected chi connectivity index (χ2v) is 4.30. The SMILES string of the molecule is CC(Cn1ccnc1)NC(=O)N1CCCC1. The van der Waals surface area contributed by atoms with Crippen LogP contribution >= 0.6 is 0 Å². The van der Waals surface area contributed by atoms with E-state index in [1.165, 1.54) is 0 Å². The van der Waals surface area contributed by atoms with Gasteiger partial charge in [0.25, 0.3) is 0 Å². The van der Waals surface area contributed by atoms with Crippen LogP contribution < -0.4 is 5.32 Å². The van der Waals surface area contributed by atoms with Crippen molar-refractivity contribution in [2.45, 2.75) is 32.4 Å². The van der Waals surface area contributed by atoms with Crippen molar-refractivity contribution in [2.75, 3.05) is 13.1 Å². The largest absolute Gasteiger partial charge is 0.335 e. The first-order valence-corrected chi connectivity index (χ1v) is 5.77. The Bertz CT molecular complexity index is 330. The lowest BCUT2D eigenvalue weighted by Crippen LogP contribution is -2.43. The Morgan fingerprint density at radius 1 is 1.50 bits per heavy atom. The third kappa shape index (κ3) is 2.74. The molecular formula is C11H18N4O. The Kier molecular flexibility index (Phi) is 3.44. The van der Waals surface area contributed by atoms with Crippen LogP contribution in [0.2, 0.25) is 0 Å². The van der Waals surface area contributed by atoms with Gasteiger partial charge in [0, 0.05) is 38.1 Å². The highest BCUT2D eigenvalue weighted by molar-refractivity contribution is 5.74. The number of aromatic nitrogens is 2. The standard InChI is InChI=1S/C11H18N4O/c1-10(8-14-7-4-12-9-14)13-11(16)15-5-2-3-6-15/h4,7,9-10H,2-3,5-6,8H2,1H3,(H,13,16). The van der Waals surface area contributed by atoms with Crippen LogP contribution in [0.4, 0.5) is 4.79 Å². The second-order valence-electron chi connectivity index (χ2n) is 4.30. The number of nitrogens with one attached hydrogen (secondary N) is 1. The number of nitrogens with zero attached hydrogens (tertiary/aromatic N) is 3. The number of imidazole rings is 1. The summed E-state index contributed by atoms with van der Waals surface area (Å²) in [4.78, 5) is 17.6. The summed E-state index contributed by atoms with van der Waals surface area (Å²) >= 11 is 0. The number of likely N-dealkylation sites (tertiary alicyclic amines) is 1. The Morgan fingerprint density at radius 3 is 2.88 bits per heavy atom. The monoisotopic (exact) mass is 222 g/mol. The van der Waals surface area contributed by atoms with E-state index in [9.17, 15) is 4.79 Å². The lowest BCUT2D eigenvalue weighted by atomic mass is 10.3. The van der Waals surface area contributed by atoms with Crippen LogP contribution in [0.3, 0.4) is 0 Å². The predicted octanol–water partition coefficient (Wildman–Crippen LogP) is 1.08. The summed E-state index contributed by atoms with van der Waals surface area (Å²) in [6, 6.07) is 0.187. The van der Waals surface area contributed by atoms with Crippen LogP contribution in [0.1, 0.15) is 19.8 Å². The molecule has 2 amide bonds. The van der Waals surface area contributed by atoms with E-state index in [1.54, 1.807) is 12.5 Å². The van der Waals surface area contributed by atoms with Gasteiger partial charge in [-0.1, -0.05) is 0 Å². The fourth-order valence-corrected chi connectivity index (χ4v) is 1.98. The molecule has 0 aliphatic carbocycles. The Balaban J connectivity index is 1.78. The smallest absolute Gasteiger partial charge is 0.317 e. The van der Waals surface area contributed by atoms with Crippen LogP contribution in [0.25, 0.3) is 0 Å². The van der Waals surface area contributed by atoms with Gasteiger partial charge in [-0.15, -0.1) is 0 Å². The van der Waals surface area contributed by atoms with Crippen molar-refractivity contribution >= 4 is 6.03 Å². The van der Waals surface area contributed by atoms with Gasteiger partial charge >= 0.3 is 6.03 Å². The summed E-state index contributed by atoms with van der Waals surface area (Å²) < 4.78 is 1.97. The van der Waals surface area contributed by atoms with E-state index in [0.717, 1.165) is 32.5 Å². The Hall–Kier alpha value is -1.52. The third-order valence-electron chi connectivity index (χ3n) is 2.81. The van der Waals surface area contributed by atoms with Crippen molar-refractivity contribution in [3.8, 4) is 0 Å². The van der Waals surface area contributed by atoms with Crippen LogP contribution in [0.5, 0.6) is 0 Å². The first-order chi connectivity index (χ1) is 7.75. The molecule has 5 heteroatoms. The highest BCUT2D eigenvalue weighted by Gasteiger charge is 2.18. The van der Waals surface area contributed by atoms with E-state index in [-0.39, 0.29) is 12.1 Å². The number of urea groups is 1. The van der Waals surface area contributed by atoms with E-state index in [4.69, 9.17) is 0 Å². The molecule has 1 atom stereocenters. The topological polar surface area (TPSA) is 50.2 Å². The summed E-state index contributed by atoms with van der Waals surface area (Å²) in [5, 5.41) is 3.00.